The summed E-state index contributed by atoms with van der Waals surface area (Å²) in [5, 5.41) is 25.8. The second-order valence-electron chi connectivity index (χ2n) is 3.07. The van der Waals surface area contributed by atoms with Crippen molar-refractivity contribution in [2.45, 2.75) is 37.8 Å². The van der Waals surface area contributed by atoms with Crippen LogP contribution in [0.1, 0.15) is 25.7 Å². The average Bonchev–Trinajstić information content (AvgIpc) is 2.11. The van der Waals surface area contributed by atoms with Crippen LogP contribution in [0, 0.1) is 0 Å². The van der Waals surface area contributed by atoms with E-state index in [0.29, 0.717) is 25.7 Å². The van der Waals surface area contributed by atoms with Gasteiger partial charge in [-0.25, -0.2) is 0 Å². The van der Waals surface area contributed by atoms with E-state index in [9.17, 15) is 4.79 Å². The number of carbonyl (C=O) groups is 1. The number of carboxylic acids is 1. The van der Waals surface area contributed by atoms with Gasteiger partial charge in [0.1, 0.15) is 6.04 Å². The summed E-state index contributed by atoms with van der Waals surface area (Å²) in [6.45, 7) is -0.245. The molecular weight excluding hydrogens is 174 g/mol. The topological polar surface area (TPSA) is 104 Å². The quantitative estimate of drug-likeness (QED) is 0.399. The van der Waals surface area contributed by atoms with Crippen LogP contribution in [-0.2, 0) is 4.79 Å². The molecule has 5 nitrogen and oxygen atoms in total. The zero-order valence-electron chi connectivity index (χ0n) is 7.52. The first kappa shape index (κ1) is 12.3. The molecular formula is C8H17NO4. The Kier molecular flexibility index (Phi) is 6.48. The van der Waals surface area contributed by atoms with Crippen LogP contribution in [0.15, 0.2) is 0 Å². The van der Waals surface area contributed by atoms with Crippen molar-refractivity contribution in [2.24, 2.45) is 5.73 Å². The number of hydrogen-bond acceptors (Lipinski definition) is 4. The molecule has 0 aliphatic rings. The zero-order valence-corrected chi connectivity index (χ0v) is 7.52. The number of aliphatic hydroxyl groups excluding tert-OH is 2. The first-order valence-electron chi connectivity index (χ1n) is 4.35. The Morgan fingerprint density at radius 3 is 2.31 bits per heavy atom. The molecule has 13 heavy (non-hydrogen) atoms. The van der Waals surface area contributed by atoms with E-state index in [4.69, 9.17) is 21.1 Å². The Morgan fingerprint density at radius 2 is 1.85 bits per heavy atom. The van der Waals surface area contributed by atoms with Gasteiger partial charge in [-0.2, -0.15) is 0 Å². The second-order valence-corrected chi connectivity index (χ2v) is 3.07. The monoisotopic (exact) mass is 191 g/mol. The van der Waals surface area contributed by atoms with Gasteiger partial charge in [-0.15, -0.1) is 0 Å². The number of unbranched alkanes of at least 4 members (excludes halogenated alkanes) is 1. The molecule has 0 aromatic heterocycles. The standard InChI is InChI=1S/C8H17NO4/c9-7(8(12)13)4-2-1-3-6(11)5-10/h6-7,10-11H,1-5,9H2,(H,12,13)/t6-,7-/m0/s1. The molecule has 5 heteroatoms. The van der Waals surface area contributed by atoms with E-state index in [-0.39, 0.29) is 6.61 Å². The molecule has 0 unspecified atom stereocenters. The van der Waals surface area contributed by atoms with Crippen LogP contribution in [0.5, 0.6) is 0 Å². The van der Waals surface area contributed by atoms with Gasteiger partial charge in [0.25, 0.3) is 0 Å². The Hall–Kier alpha value is -0.650. The van der Waals surface area contributed by atoms with Gasteiger partial charge in [-0.3, -0.25) is 4.79 Å². The molecule has 0 fully saturated rings. The van der Waals surface area contributed by atoms with Crippen LogP contribution in [-0.4, -0.2) is 40.0 Å². The number of aliphatic hydroxyl groups is 2. The van der Waals surface area contributed by atoms with Crippen LogP contribution in [0.3, 0.4) is 0 Å². The molecule has 0 aliphatic heterocycles. The minimum Gasteiger partial charge on any atom is -0.480 e. The summed E-state index contributed by atoms with van der Waals surface area (Å²) < 4.78 is 0. The van der Waals surface area contributed by atoms with Gasteiger partial charge in [-0.05, 0) is 12.8 Å². The summed E-state index contributed by atoms with van der Waals surface area (Å²) >= 11 is 0. The maximum atomic E-state index is 10.3. The molecule has 78 valence electrons. The third-order valence-corrected chi connectivity index (χ3v) is 1.83. The summed E-state index contributed by atoms with van der Waals surface area (Å²) in [5.41, 5.74) is 5.25. The number of aliphatic carboxylic acids is 1. The van der Waals surface area contributed by atoms with Crippen molar-refractivity contribution < 1.29 is 20.1 Å². The first-order chi connectivity index (χ1) is 6.07. The van der Waals surface area contributed by atoms with E-state index in [1.54, 1.807) is 0 Å². The van der Waals surface area contributed by atoms with E-state index in [1.807, 2.05) is 0 Å². The smallest absolute Gasteiger partial charge is 0.320 e. The van der Waals surface area contributed by atoms with Crippen molar-refractivity contribution in [1.82, 2.24) is 0 Å². The predicted molar refractivity (Wildman–Crippen MR) is 47.2 cm³/mol. The fourth-order valence-electron chi connectivity index (χ4n) is 0.959. The Bertz CT molecular complexity index is 151. The molecule has 0 spiro atoms. The highest BCUT2D eigenvalue weighted by molar-refractivity contribution is 5.72. The molecule has 0 amide bonds. The van der Waals surface area contributed by atoms with Crippen LogP contribution < -0.4 is 5.73 Å². The number of hydrogen-bond donors (Lipinski definition) is 4. The lowest BCUT2D eigenvalue weighted by atomic mass is 10.1. The van der Waals surface area contributed by atoms with Crippen LogP contribution in [0.25, 0.3) is 0 Å². The Labute approximate surface area is 77.2 Å². The average molecular weight is 191 g/mol. The second kappa shape index (κ2) is 6.82. The Morgan fingerprint density at radius 1 is 1.31 bits per heavy atom. The van der Waals surface area contributed by atoms with Crippen LogP contribution in [0.4, 0.5) is 0 Å². The molecule has 5 N–H and O–H groups in total. The lowest BCUT2D eigenvalue weighted by Crippen LogP contribution is -2.29. The van der Waals surface area contributed by atoms with Crippen molar-refractivity contribution in [3.63, 3.8) is 0 Å². The maximum absolute atomic E-state index is 10.3. The van der Waals surface area contributed by atoms with Crippen LogP contribution >= 0.6 is 0 Å². The first-order valence-corrected chi connectivity index (χ1v) is 4.35. The van der Waals surface area contributed by atoms with Gasteiger partial charge < -0.3 is 21.1 Å². The molecule has 0 bridgehead atoms. The van der Waals surface area contributed by atoms with E-state index in [2.05, 4.69) is 0 Å². The molecule has 2 atom stereocenters. The third kappa shape index (κ3) is 6.51. The number of carboxylic acid groups (broad SMARTS) is 1. The molecule has 0 saturated carbocycles. The lowest BCUT2D eigenvalue weighted by Gasteiger charge is -2.08. The molecule has 0 saturated heterocycles. The van der Waals surface area contributed by atoms with Gasteiger partial charge >= 0.3 is 5.97 Å². The highest BCUT2D eigenvalue weighted by Crippen LogP contribution is 2.05. The minimum atomic E-state index is -0.997. The van der Waals surface area contributed by atoms with Crippen molar-refractivity contribution in [2.75, 3.05) is 6.61 Å². The SMILES string of the molecule is N[C@@H](CCCC[C@H](O)CO)C(=O)O. The minimum absolute atomic E-state index is 0.245. The van der Waals surface area contributed by atoms with Gasteiger partial charge in [0, 0.05) is 0 Å². The van der Waals surface area contributed by atoms with Gasteiger partial charge in [-0.1, -0.05) is 12.8 Å². The highest BCUT2D eigenvalue weighted by atomic mass is 16.4. The molecule has 0 aliphatic carbocycles. The fraction of sp³-hybridized carbons (Fsp3) is 0.875. The summed E-state index contributed by atoms with van der Waals surface area (Å²) in [6, 6.07) is -0.814. The van der Waals surface area contributed by atoms with E-state index in [1.165, 1.54) is 0 Å². The van der Waals surface area contributed by atoms with Gasteiger partial charge in [0.2, 0.25) is 0 Å². The predicted octanol–water partition coefficient (Wildman–Crippen LogP) is -0.688. The van der Waals surface area contributed by atoms with Crippen molar-refractivity contribution in [3.05, 3.63) is 0 Å². The summed E-state index contributed by atoms with van der Waals surface area (Å²) in [5.74, 6) is -0.997. The largest absolute Gasteiger partial charge is 0.480 e. The molecule has 0 aromatic rings. The van der Waals surface area contributed by atoms with Gasteiger partial charge in [0.15, 0.2) is 0 Å². The van der Waals surface area contributed by atoms with Gasteiger partial charge in [0.05, 0.1) is 12.7 Å². The fourth-order valence-corrected chi connectivity index (χ4v) is 0.959. The molecule has 0 rings (SSSR count). The zero-order chi connectivity index (χ0) is 10.3. The highest BCUT2D eigenvalue weighted by Gasteiger charge is 2.10. The maximum Gasteiger partial charge on any atom is 0.320 e. The van der Waals surface area contributed by atoms with E-state index >= 15 is 0 Å². The normalized spacial score (nSPS) is 15.3. The number of rotatable bonds is 7. The van der Waals surface area contributed by atoms with E-state index in [0.717, 1.165) is 0 Å². The number of nitrogens with two attached hydrogens (primary N) is 1. The molecule has 0 radical (unpaired) electrons. The summed E-state index contributed by atoms with van der Waals surface area (Å²) in [4.78, 5) is 10.3. The summed E-state index contributed by atoms with van der Waals surface area (Å²) in [7, 11) is 0. The van der Waals surface area contributed by atoms with E-state index < -0.39 is 18.1 Å². The Balaban J connectivity index is 3.30. The third-order valence-electron chi connectivity index (χ3n) is 1.83. The molecule has 0 heterocycles. The van der Waals surface area contributed by atoms with Crippen molar-refractivity contribution in [1.29, 1.82) is 0 Å². The molecule has 0 aromatic carbocycles. The van der Waals surface area contributed by atoms with Crippen LogP contribution in [0.2, 0.25) is 0 Å². The van der Waals surface area contributed by atoms with Crippen molar-refractivity contribution >= 4 is 5.97 Å². The summed E-state index contributed by atoms with van der Waals surface area (Å²) in [6.07, 6.45) is 1.55. The lowest BCUT2D eigenvalue weighted by molar-refractivity contribution is -0.138. The van der Waals surface area contributed by atoms with Crippen molar-refractivity contribution in [3.8, 4) is 0 Å².